The highest BCUT2D eigenvalue weighted by Gasteiger charge is 2.50. The molecule has 2 aliphatic rings. The maximum atomic E-state index is 12.1. The van der Waals surface area contributed by atoms with Crippen LogP contribution in [0.5, 0.6) is 0 Å². The van der Waals surface area contributed by atoms with E-state index in [1.165, 1.54) is 12.4 Å². The zero-order valence-corrected chi connectivity index (χ0v) is 16.0. The highest BCUT2D eigenvalue weighted by molar-refractivity contribution is 5.92. The fraction of sp³-hybridized carbons (Fsp3) is 0.400. The number of carbonyl (C=O) groups is 1. The Kier molecular flexibility index (Phi) is 4.01. The predicted molar refractivity (Wildman–Crippen MR) is 104 cm³/mol. The first kappa shape index (κ1) is 18.2. The molecule has 3 heterocycles. The SMILES string of the molecule is CC(C)(C)C1(NC2CC2)C=C(n2ncc3cc(C#N)cnc32)NC=C1C(=O)O. The largest absolute Gasteiger partial charge is 0.478 e. The van der Waals surface area contributed by atoms with Crippen LogP contribution in [-0.2, 0) is 4.79 Å². The molecule has 0 saturated heterocycles. The number of aliphatic carboxylic acids is 1. The van der Waals surface area contributed by atoms with E-state index in [0.29, 0.717) is 23.1 Å². The van der Waals surface area contributed by atoms with Crippen molar-refractivity contribution in [3.05, 3.63) is 41.9 Å². The van der Waals surface area contributed by atoms with E-state index in [-0.39, 0.29) is 5.57 Å². The van der Waals surface area contributed by atoms with Gasteiger partial charge in [0, 0.05) is 23.8 Å². The van der Waals surface area contributed by atoms with Crippen molar-refractivity contribution < 1.29 is 9.90 Å². The average Bonchev–Trinajstić information content (AvgIpc) is 3.35. The number of nitrogens with one attached hydrogen (secondary N) is 2. The summed E-state index contributed by atoms with van der Waals surface area (Å²) >= 11 is 0. The quantitative estimate of drug-likeness (QED) is 0.747. The summed E-state index contributed by atoms with van der Waals surface area (Å²) in [6, 6.07) is 4.10. The molecule has 1 unspecified atom stereocenters. The third kappa shape index (κ3) is 2.84. The van der Waals surface area contributed by atoms with Crippen molar-refractivity contribution in [1.29, 1.82) is 5.26 Å². The molecule has 1 saturated carbocycles. The van der Waals surface area contributed by atoms with Gasteiger partial charge in [0.15, 0.2) is 5.65 Å². The summed E-state index contributed by atoms with van der Waals surface area (Å²) in [5.74, 6) is -0.340. The third-order valence-electron chi connectivity index (χ3n) is 5.33. The Morgan fingerprint density at radius 2 is 2.18 bits per heavy atom. The first-order valence-corrected chi connectivity index (χ1v) is 9.20. The lowest BCUT2D eigenvalue weighted by atomic mass is 9.68. The van der Waals surface area contributed by atoms with E-state index in [1.54, 1.807) is 16.9 Å². The second-order valence-corrected chi connectivity index (χ2v) is 8.32. The Labute approximate surface area is 162 Å². The van der Waals surface area contributed by atoms with E-state index in [0.717, 1.165) is 18.2 Å². The molecule has 8 heteroatoms. The van der Waals surface area contributed by atoms with Gasteiger partial charge in [-0.25, -0.2) is 9.78 Å². The summed E-state index contributed by atoms with van der Waals surface area (Å²) in [6.07, 6.45) is 8.66. The summed E-state index contributed by atoms with van der Waals surface area (Å²) in [5, 5.41) is 30.7. The van der Waals surface area contributed by atoms with E-state index in [1.807, 2.05) is 26.8 Å². The van der Waals surface area contributed by atoms with Gasteiger partial charge in [-0.05, 0) is 30.4 Å². The number of carboxylic acids is 1. The number of hydrogen-bond donors (Lipinski definition) is 3. The number of pyridine rings is 1. The van der Waals surface area contributed by atoms with Crippen LogP contribution in [0.3, 0.4) is 0 Å². The number of rotatable bonds is 4. The van der Waals surface area contributed by atoms with Gasteiger partial charge < -0.3 is 15.7 Å². The molecule has 0 bridgehead atoms. The van der Waals surface area contributed by atoms with Gasteiger partial charge in [-0.1, -0.05) is 20.8 Å². The normalized spacial score (nSPS) is 22.2. The minimum atomic E-state index is -0.965. The highest BCUT2D eigenvalue weighted by Crippen LogP contribution is 2.43. The fourth-order valence-corrected chi connectivity index (χ4v) is 3.60. The molecule has 0 spiro atoms. The topological polar surface area (TPSA) is 116 Å². The molecule has 1 aliphatic carbocycles. The molecular weight excluding hydrogens is 356 g/mol. The standard InChI is InChI=1S/C20H22N6O2/c1-19(2,3)20(25-14-4-5-14)7-16(22-11-15(20)18(27)28)26-17-13(10-24-26)6-12(8-21)9-23-17/h6-7,9-11,14,22,25H,4-5H2,1-3H3,(H,27,28). The molecule has 0 amide bonds. The van der Waals surface area contributed by atoms with Gasteiger partial charge in [0.25, 0.3) is 0 Å². The molecule has 0 radical (unpaired) electrons. The Morgan fingerprint density at radius 1 is 1.43 bits per heavy atom. The number of carboxylic acid groups (broad SMARTS) is 1. The van der Waals surface area contributed by atoms with Crippen LogP contribution >= 0.6 is 0 Å². The number of nitriles is 1. The minimum absolute atomic E-state index is 0.270. The predicted octanol–water partition coefficient (Wildman–Crippen LogP) is 2.21. The van der Waals surface area contributed by atoms with E-state index < -0.39 is 16.9 Å². The minimum Gasteiger partial charge on any atom is -0.478 e. The number of fused-ring (bicyclic) bond motifs is 1. The van der Waals surface area contributed by atoms with Gasteiger partial charge >= 0.3 is 5.97 Å². The molecule has 144 valence electrons. The van der Waals surface area contributed by atoms with Crippen LogP contribution < -0.4 is 10.6 Å². The molecule has 8 nitrogen and oxygen atoms in total. The molecule has 2 aromatic heterocycles. The summed E-state index contributed by atoms with van der Waals surface area (Å²) in [4.78, 5) is 16.4. The second kappa shape index (κ2) is 6.17. The molecule has 1 aliphatic heterocycles. The lowest BCUT2D eigenvalue weighted by Gasteiger charge is -2.46. The zero-order chi connectivity index (χ0) is 20.1. The van der Waals surface area contributed by atoms with Crippen LogP contribution in [0, 0.1) is 16.7 Å². The number of aromatic nitrogens is 3. The van der Waals surface area contributed by atoms with Gasteiger partial charge in [-0.3, -0.25) is 0 Å². The van der Waals surface area contributed by atoms with Crippen LogP contribution in [0.25, 0.3) is 16.9 Å². The molecule has 2 aromatic rings. The third-order valence-corrected chi connectivity index (χ3v) is 5.33. The van der Waals surface area contributed by atoms with Crippen LogP contribution in [0.15, 0.2) is 36.3 Å². The van der Waals surface area contributed by atoms with Gasteiger partial charge in [0.2, 0.25) is 0 Å². The van der Waals surface area contributed by atoms with Crippen molar-refractivity contribution in [3.63, 3.8) is 0 Å². The van der Waals surface area contributed by atoms with Gasteiger partial charge in [0.05, 0.1) is 22.9 Å². The second-order valence-electron chi connectivity index (χ2n) is 8.32. The molecule has 1 atom stereocenters. The molecule has 4 rings (SSSR count). The number of nitrogens with zero attached hydrogens (tertiary/aromatic N) is 4. The first-order valence-electron chi connectivity index (χ1n) is 9.20. The summed E-state index contributed by atoms with van der Waals surface area (Å²) in [6.45, 7) is 6.08. The average molecular weight is 378 g/mol. The Hall–Kier alpha value is -3.18. The molecule has 0 aromatic carbocycles. The molecular formula is C20H22N6O2. The monoisotopic (exact) mass is 378 g/mol. The van der Waals surface area contributed by atoms with E-state index in [9.17, 15) is 9.90 Å². The Morgan fingerprint density at radius 3 is 2.79 bits per heavy atom. The first-order chi connectivity index (χ1) is 13.2. The van der Waals surface area contributed by atoms with Crippen molar-refractivity contribution >= 4 is 22.8 Å². The summed E-state index contributed by atoms with van der Waals surface area (Å²) < 4.78 is 1.64. The van der Waals surface area contributed by atoms with Crippen molar-refractivity contribution in [3.8, 4) is 6.07 Å². The van der Waals surface area contributed by atoms with Crippen LogP contribution in [0.2, 0.25) is 0 Å². The molecule has 28 heavy (non-hydrogen) atoms. The summed E-state index contributed by atoms with van der Waals surface area (Å²) in [7, 11) is 0. The van der Waals surface area contributed by atoms with E-state index >= 15 is 0 Å². The Bertz CT molecular complexity index is 1060. The Balaban J connectivity index is 1.87. The smallest absolute Gasteiger partial charge is 0.335 e. The van der Waals surface area contributed by atoms with E-state index in [2.05, 4.69) is 26.8 Å². The molecule has 1 fully saturated rings. The maximum absolute atomic E-state index is 12.1. The van der Waals surface area contributed by atoms with Crippen molar-refractivity contribution in [2.24, 2.45) is 5.41 Å². The van der Waals surface area contributed by atoms with Crippen molar-refractivity contribution in [2.75, 3.05) is 0 Å². The lowest BCUT2D eigenvalue weighted by molar-refractivity contribution is -0.134. The summed E-state index contributed by atoms with van der Waals surface area (Å²) in [5.41, 5.74) is 0.0549. The van der Waals surface area contributed by atoms with Crippen LogP contribution in [0.1, 0.15) is 39.2 Å². The van der Waals surface area contributed by atoms with Crippen molar-refractivity contribution in [2.45, 2.75) is 45.2 Å². The van der Waals surface area contributed by atoms with E-state index in [4.69, 9.17) is 5.26 Å². The number of hydrogen-bond acceptors (Lipinski definition) is 6. The van der Waals surface area contributed by atoms with Gasteiger partial charge in [-0.15, -0.1) is 0 Å². The van der Waals surface area contributed by atoms with Crippen molar-refractivity contribution in [1.82, 2.24) is 25.4 Å². The van der Waals surface area contributed by atoms with Crippen LogP contribution in [0.4, 0.5) is 0 Å². The molecule has 3 N–H and O–H groups in total. The fourth-order valence-electron chi connectivity index (χ4n) is 3.60. The highest BCUT2D eigenvalue weighted by atomic mass is 16.4. The van der Waals surface area contributed by atoms with Gasteiger partial charge in [-0.2, -0.15) is 15.0 Å². The van der Waals surface area contributed by atoms with Crippen LogP contribution in [-0.4, -0.2) is 37.4 Å². The maximum Gasteiger partial charge on any atom is 0.335 e. The zero-order valence-electron chi connectivity index (χ0n) is 16.0. The lowest BCUT2D eigenvalue weighted by Crippen LogP contribution is -2.59. The van der Waals surface area contributed by atoms with Gasteiger partial charge in [0.1, 0.15) is 11.9 Å². The number of dihydropyridines is 1.